The molecule has 1 aliphatic rings. The minimum absolute atomic E-state index is 0.243. The smallest absolute Gasteiger partial charge is 0.326 e. The zero-order valence-electron chi connectivity index (χ0n) is 10.1. The fourth-order valence-electron chi connectivity index (χ4n) is 1.63. The number of hydrogen-bond acceptors (Lipinski definition) is 3. The Kier molecular flexibility index (Phi) is 3.43. The molecule has 0 bridgehead atoms. The van der Waals surface area contributed by atoms with Crippen molar-refractivity contribution in [3.05, 3.63) is 15.9 Å². The zero-order valence-corrected chi connectivity index (χ0v) is 11.7. The van der Waals surface area contributed by atoms with Crippen molar-refractivity contribution in [3.8, 4) is 0 Å². The number of aromatic nitrogens is 2. The number of H-pyrrole nitrogens is 1. The topological polar surface area (TPSA) is 86.3 Å². The fourth-order valence-corrected chi connectivity index (χ4v) is 2.31. The molecule has 0 spiro atoms. The van der Waals surface area contributed by atoms with Gasteiger partial charge < -0.3 is 10.0 Å². The molecule has 1 fully saturated rings. The molecule has 1 aliphatic carbocycles. The summed E-state index contributed by atoms with van der Waals surface area (Å²) in [7, 11) is 1.46. The molecule has 0 aromatic carbocycles. The predicted molar refractivity (Wildman–Crippen MR) is 67.5 cm³/mol. The lowest BCUT2D eigenvalue weighted by molar-refractivity contribution is -0.141. The average molecular weight is 316 g/mol. The molecule has 98 valence electrons. The first kappa shape index (κ1) is 13.1. The van der Waals surface area contributed by atoms with Crippen LogP contribution in [0.5, 0.6) is 0 Å². The van der Waals surface area contributed by atoms with Crippen molar-refractivity contribution in [2.45, 2.75) is 31.7 Å². The van der Waals surface area contributed by atoms with Crippen LogP contribution in [0.2, 0.25) is 0 Å². The first-order chi connectivity index (χ1) is 8.43. The van der Waals surface area contributed by atoms with Crippen LogP contribution in [0, 0.1) is 0 Å². The van der Waals surface area contributed by atoms with Crippen molar-refractivity contribution < 1.29 is 14.7 Å². The van der Waals surface area contributed by atoms with E-state index in [0.717, 1.165) is 18.5 Å². The molecule has 7 heteroatoms. The summed E-state index contributed by atoms with van der Waals surface area (Å²) < 4.78 is 0.652. The molecule has 0 radical (unpaired) electrons. The lowest BCUT2D eigenvalue weighted by Gasteiger charge is -2.20. The number of carbonyl (C=O) groups is 2. The molecule has 2 rings (SSSR count). The molecular weight excluding hydrogens is 302 g/mol. The molecule has 18 heavy (non-hydrogen) atoms. The van der Waals surface area contributed by atoms with Gasteiger partial charge in [0.15, 0.2) is 5.69 Å². The van der Waals surface area contributed by atoms with Crippen LogP contribution in [-0.4, -0.2) is 45.2 Å². The highest BCUT2D eigenvalue weighted by Gasteiger charge is 2.32. The van der Waals surface area contributed by atoms with Crippen LogP contribution in [-0.2, 0) is 4.79 Å². The van der Waals surface area contributed by atoms with E-state index in [1.54, 1.807) is 0 Å². The summed E-state index contributed by atoms with van der Waals surface area (Å²) in [4.78, 5) is 24.1. The van der Waals surface area contributed by atoms with E-state index in [0.29, 0.717) is 10.4 Å². The lowest BCUT2D eigenvalue weighted by atomic mass is 10.2. The molecule has 6 nitrogen and oxygen atoms in total. The highest BCUT2D eigenvalue weighted by molar-refractivity contribution is 9.10. The molecule has 0 saturated heterocycles. The van der Waals surface area contributed by atoms with Gasteiger partial charge in [-0.25, -0.2) is 4.79 Å². The maximum Gasteiger partial charge on any atom is 0.326 e. The van der Waals surface area contributed by atoms with E-state index in [9.17, 15) is 9.59 Å². The second-order valence-electron chi connectivity index (χ2n) is 4.50. The van der Waals surface area contributed by atoms with E-state index < -0.39 is 17.9 Å². The number of nitrogens with zero attached hydrogens (tertiary/aromatic N) is 2. The fraction of sp³-hybridized carbons (Fsp3) is 0.545. The number of carboxylic acids is 1. The zero-order chi connectivity index (χ0) is 13.4. The summed E-state index contributed by atoms with van der Waals surface area (Å²) in [5.41, 5.74) is 1.17. The number of aliphatic carboxylic acids is 1. The van der Waals surface area contributed by atoms with E-state index in [-0.39, 0.29) is 5.69 Å². The van der Waals surface area contributed by atoms with Gasteiger partial charge in [-0.1, -0.05) is 0 Å². The molecule has 1 unspecified atom stereocenters. The molecule has 1 heterocycles. The van der Waals surface area contributed by atoms with Gasteiger partial charge in [-0.15, -0.1) is 0 Å². The van der Waals surface area contributed by atoms with Crippen LogP contribution < -0.4 is 0 Å². The van der Waals surface area contributed by atoms with Gasteiger partial charge in [0.2, 0.25) is 0 Å². The summed E-state index contributed by atoms with van der Waals surface area (Å²) >= 11 is 3.36. The van der Waals surface area contributed by atoms with Gasteiger partial charge in [0.1, 0.15) is 6.04 Å². The molecule has 1 aromatic rings. The van der Waals surface area contributed by atoms with Crippen molar-refractivity contribution in [1.82, 2.24) is 15.1 Å². The minimum Gasteiger partial charge on any atom is -0.480 e. The highest BCUT2D eigenvalue weighted by atomic mass is 79.9. The van der Waals surface area contributed by atoms with E-state index >= 15 is 0 Å². The lowest BCUT2D eigenvalue weighted by Crippen LogP contribution is -2.40. The first-order valence-electron chi connectivity index (χ1n) is 5.67. The van der Waals surface area contributed by atoms with E-state index in [1.807, 2.05) is 0 Å². The third kappa shape index (κ3) is 2.27. The largest absolute Gasteiger partial charge is 0.480 e. The SMILES string of the molecule is CC(C(=O)O)N(C)C(=O)c1n[nH]c(C2CC2)c1Br. The summed E-state index contributed by atoms with van der Waals surface area (Å²) in [5, 5.41) is 15.7. The van der Waals surface area contributed by atoms with Gasteiger partial charge in [0.25, 0.3) is 5.91 Å². The number of nitrogens with one attached hydrogen (secondary N) is 1. The second-order valence-corrected chi connectivity index (χ2v) is 5.30. The molecule has 1 aromatic heterocycles. The van der Waals surface area contributed by atoms with Gasteiger partial charge in [0, 0.05) is 13.0 Å². The Balaban J connectivity index is 2.20. The Morgan fingerprint density at radius 2 is 2.17 bits per heavy atom. The van der Waals surface area contributed by atoms with Crippen LogP contribution in [0.1, 0.15) is 41.9 Å². The molecule has 1 amide bonds. The Bertz CT molecular complexity index is 496. The number of amides is 1. The van der Waals surface area contributed by atoms with Crippen molar-refractivity contribution in [3.63, 3.8) is 0 Å². The predicted octanol–water partition coefficient (Wildman–Crippen LogP) is 1.59. The molecule has 1 saturated carbocycles. The van der Waals surface area contributed by atoms with Crippen molar-refractivity contribution in [2.24, 2.45) is 0 Å². The monoisotopic (exact) mass is 315 g/mol. The number of hydrogen-bond donors (Lipinski definition) is 2. The van der Waals surface area contributed by atoms with Gasteiger partial charge in [-0.05, 0) is 35.7 Å². The Hall–Kier alpha value is -1.37. The van der Waals surface area contributed by atoms with E-state index in [2.05, 4.69) is 26.1 Å². The van der Waals surface area contributed by atoms with Gasteiger partial charge in [0.05, 0.1) is 10.2 Å². The molecule has 1 atom stereocenters. The third-order valence-corrected chi connectivity index (χ3v) is 3.98. The average Bonchev–Trinajstić information content (AvgIpc) is 3.10. The van der Waals surface area contributed by atoms with Gasteiger partial charge >= 0.3 is 5.97 Å². The number of likely N-dealkylation sites (N-methyl/N-ethyl adjacent to an activating group) is 1. The Morgan fingerprint density at radius 1 is 1.56 bits per heavy atom. The normalized spacial score (nSPS) is 16.4. The highest BCUT2D eigenvalue weighted by Crippen LogP contribution is 2.43. The van der Waals surface area contributed by atoms with E-state index in [1.165, 1.54) is 18.9 Å². The minimum atomic E-state index is -1.04. The summed E-state index contributed by atoms with van der Waals surface area (Å²) in [6, 6.07) is -0.884. The molecule has 0 aliphatic heterocycles. The molecule has 2 N–H and O–H groups in total. The van der Waals surface area contributed by atoms with Crippen molar-refractivity contribution >= 4 is 27.8 Å². The maximum absolute atomic E-state index is 12.1. The van der Waals surface area contributed by atoms with Gasteiger partial charge in [-0.3, -0.25) is 9.89 Å². The van der Waals surface area contributed by atoms with Crippen LogP contribution >= 0.6 is 15.9 Å². The van der Waals surface area contributed by atoms with Crippen LogP contribution in [0.3, 0.4) is 0 Å². The number of aromatic amines is 1. The van der Waals surface area contributed by atoms with E-state index in [4.69, 9.17) is 5.11 Å². The first-order valence-corrected chi connectivity index (χ1v) is 6.46. The quantitative estimate of drug-likeness (QED) is 0.883. The van der Waals surface area contributed by atoms with Crippen LogP contribution in [0.4, 0.5) is 0 Å². The second kappa shape index (κ2) is 4.72. The van der Waals surface area contributed by atoms with Crippen molar-refractivity contribution in [1.29, 1.82) is 0 Å². The number of halogens is 1. The number of rotatable bonds is 4. The number of carbonyl (C=O) groups excluding carboxylic acids is 1. The summed E-state index contributed by atoms with van der Waals surface area (Å²) in [6.45, 7) is 1.46. The Morgan fingerprint density at radius 3 is 2.67 bits per heavy atom. The van der Waals surface area contributed by atoms with Crippen LogP contribution in [0.25, 0.3) is 0 Å². The third-order valence-electron chi connectivity index (χ3n) is 3.18. The van der Waals surface area contributed by atoms with Crippen LogP contribution in [0.15, 0.2) is 4.47 Å². The number of carboxylic acid groups (broad SMARTS) is 1. The summed E-state index contributed by atoms with van der Waals surface area (Å²) in [6.07, 6.45) is 2.19. The van der Waals surface area contributed by atoms with Crippen molar-refractivity contribution in [2.75, 3.05) is 7.05 Å². The molecular formula is C11H14BrN3O3. The van der Waals surface area contributed by atoms with Gasteiger partial charge in [-0.2, -0.15) is 5.10 Å². The standard InChI is InChI=1S/C11H14BrN3O3/c1-5(11(17)18)15(2)10(16)9-7(12)8(13-14-9)6-3-4-6/h5-6H,3-4H2,1-2H3,(H,13,14)(H,17,18). The maximum atomic E-state index is 12.1. The summed E-state index contributed by atoms with van der Waals surface area (Å²) in [5.74, 6) is -1.00. The Labute approximate surface area is 112 Å².